The quantitative estimate of drug-likeness (QED) is 0.556. The van der Waals surface area contributed by atoms with Crippen molar-refractivity contribution in [2.24, 2.45) is 0 Å². The zero-order valence-corrected chi connectivity index (χ0v) is 18.5. The molecule has 0 saturated heterocycles. The predicted molar refractivity (Wildman–Crippen MR) is 121 cm³/mol. The molecule has 1 aliphatic heterocycles. The van der Waals surface area contributed by atoms with E-state index in [-0.39, 0.29) is 22.1 Å². The summed E-state index contributed by atoms with van der Waals surface area (Å²) < 4.78 is 46.1. The van der Waals surface area contributed by atoms with Crippen LogP contribution < -0.4 is 9.62 Å². The van der Waals surface area contributed by atoms with E-state index >= 15 is 0 Å². The van der Waals surface area contributed by atoms with Gasteiger partial charge in [-0.2, -0.15) is 0 Å². The molecule has 33 heavy (non-hydrogen) atoms. The topological polar surface area (TPSA) is 92.8 Å². The lowest BCUT2D eigenvalue weighted by Gasteiger charge is -2.21. The van der Waals surface area contributed by atoms with E-state index in [0.29, 0.717) is 6.54 Å². The molecule has 9 heteroatoms. The Hall–Kier alpha value is -3.72. The average molecular weight is 469 g/mol. The van der Waals surface area contributed by atoms with Gasteiger partial charge in [0, 0.05) is 17.9 Å². The van der Waals surface area contributed by atoms with Crippen LogP contribution in [0.3, 0.4) is 0 Å². The van der Waals surface area contributed by atoms with Crippen LogP contribution in [-0.4, -0.2) is 32.9 Å². The maximum atomic E-state index is 13.1. The summed E-state index contributed by atoms with van der Waals surface area (Å²) in [4.78, 5) is 26.9. The van der Waals surface area contributed by atoms with Crippen molar-refractivity contribution in [3.05, 3.63) is 89.7 Å². The molecule has 0 aliphatic carbocycles. The first-order chi connectivity index (χ1) is 15.7. The second-order valence-electron chi connectivity index (χ2n) is 7.56. The second kappa shape index (κ2) is 9.03. The molecule has 7 nitrogen and oxygen atoms in total. The third-order valence-corrected chi connectivity index (χ3v) is 6.64. The fraction of sp³-hybridized carbons (Fsp3) is 0.167. The number of ether oxygens (including phenoxy) is 1. The summed E-state index contributed by atoms with van der Waals surface area (Å²) in [5.41, 5.74) is 2.01. The maximum absolute atomic E-state index is 13.1. The molecule has 4 rings (SSSR count). The number of benzene rings is 3. The van der Waals surface area contributed by atoms with Gasteiger partial charge in [-0.25, -0.2) is 17.6 Å². The van der Waals surface area contributed by atoms with E-state index < -0.39 is 27.9 Å². The minimum absolute atomic E-state index is 0.0153. The highest BCUT2D eigenvalue weighted by molar-refractivity contribution is 7.92. The minimum Gasteiger partial charge on any atom is -0.449 e. The highest BCUT2D eigenvalue weighted by Gasteiger charge is 2.30. The molecule has 0 aromatic heterocycles. The molecule has 0 saturated carbocycles. The molecule has 1 aliphatic rings. The third kappa shape index (κ3) is 4.88. The Labute approximate surface area is 190 Å². The third-order valence-electron chi connectivity index (χ3n) is 5.26. The number of rotatable bonds is 6. The number of fused-ring (bicyclic) bond motifs is 1. The molecule has 1 N–H and O–H groups in total. The van der Waals surface area contributed by atoms with Gasteiger partial charge in [0.05, 0.1) is 10.5 Å². The summed E-state index contributed by atoms with van der Waals surface area (Å²) in [5.74, 6) is -1.67. The molecular weight excluding hydrogens is 447 g/mol. The highest BCUT2D eigenvalue weighted by atomic mass is 32.2. The monoisotopic (exact) mass is 468 g/mol. The van der Waals surface area contributed by atoms with Gasteiger partial charge in [-0.15, -0.1) is 0 Å². The number of carbonyl (C=O) groups is 2. The number of hydrogen-bond acceptors (Lipinski definition) is 5. The van der Waals surface area contributed by atoms with E-state index in [0.717, 1.165) is 35.9 Å². The standard InChI is InChI=1S/C24H21FN2O5S/c1-16(23(28)27-14-13-17-5-2-3-8-22(17)27)32-24(29)18-6-4-7-21(15-18)33(30,31)26-20-11-9-19(25)10-12-20/h2-12,15-16,26H,13-14H2,1H3/t16-/m1/s1. The predicted octanol–water partition coefficient (Wildman–Crippen LogP) is 3.76. The fourth-order valence-corrected chi connectivity index (χ4v) is 4.69. The van der Waals surface area contributed by atoms with Crippen LogP contribution in [0.4, 0.5) is 15.8 Å². The number of amides is 1. The normalized spacial score (nSPS) is 13.8. The van der Waals surface area contributed by atoms with Crippen molar-refractivity contribution in [2.75, 3.05) is 16.2 Å². The molecule has 3 aromatic rings. The molecular formula is C24H21FN2O5S. The van der Waals surface area contributed by atoms with Crippen molar-refractivity contribution < 1.29 is 27.1 Å². The van der Waals surface area contributed by atoms with Gasteiger partial charge in [0.25, 0.3) is 15.9 Å². The van der Waals surface area contributed by atoms with Crippen LogP contribution in [0.1, 0.15) is 22.8 Å². The van der Waals surface area contributed by atoms with Crippen LogP contribution in [0.15, 0.2) is 77.7 Å². The van der Waals surface area contributed by atoms with Crippen molar-refractivity contribution in [3.63, 3.8) is 0 Å². The molecule has 0 unspecified atom stereocenters. The van der Waals surface area contributed by atoms with Crippen LogP contribution in [0.25, 0.3) is 0 Å². The first-order valence-corrected chi connectivity index (χ1v) is 11.7. The van der Waals surface area contributed by atoms with E-state index in [2.05, 4.69) is 4.72 Å². The highest BCUT2D eigenvalue weighted by Crippen LogP contribution is 2.28. The van der Waals surface area contributed by atoms with Crippen molar-refractivity contribution in [1.82, 2.24) is 0 Å². The molecule has 0 spiro atoms. The van der Waals surface area contributed by atoms with Gasteiger partial charge in [0.1, 0.15) is 5.82 Å². The Bertz CT molecular complexity index is 1310. The van der Waals surface area contributed by atoms with Crippen molar-refractivity contribution in [2.45, 2.75) is 24.3 Å². The number of sulfonamides is 1. The number of carbonyl (C=O) groups excluding carboxylic acids is 2. The number of halogens is 1. The Kier molecular flexibility index (Phi) is 6.15. The van der Waals surface area contributed by atoms with Crippen LogP contribution in [0, 0.1) is 5.82 Å². The summed E-state index contributed by atoms with van der Waals surface area (Å²) in [7, 11) is -4.03. The summed E-state index contributed by atoms with van der Waals surface area (Å²) in [6.45, 7) is 1.99. The Morgan fingerprint density at radius 3 is 2.52 bits per heavy atom. The lowest BCUT2D eigenvalue weighted by molar-refractivity contribution is -0.126. The first kappa shape index (κ1) is 22.5. The van der Waals surface area contributed by atoms with E-state index in [4.69, 9.17) is 4.74 Å². The Balaban J connectivity index is 1.46. The second-order valence-corrected chi connectivity index (χ2v) is 9.24. The molecule has 170 valence electrons. The Morgan fingerprint density at radius 1 is 1.03 bits per heavy atom. The van der Waals surface area contributed by atoms with Crippen LogP contribution in [-0.2, 0) is 26.0 Å². The molecule has 1 heterocycles. The summed E-state index contributed by atoms with van der Waals surface area (Å²) in [5, 5.41) is 0. The molecule has 0 fully saturated rings. The van der Waals surface area contributed by atoms with Gasteiger partial charge in [0.2, 0.25) is 0 Å². The van der Waals surface area contributed by atoms with Gasteiger partial charge in [-0.1, -0.05) is 24.3 Å². The van der Waals surface area contributed by atoms with E-state index in [1.165, 1.54) is 37.3 Å². The zero-order valence-electron chi connectivity index (χ0n) is 17.7. The molecule has 1 amide bonds. The molecule has 0 radical (unpaired) electrons. The van der Waals surface area contributed by atoms with Gasteiger partial charge in [0.15, 0.2) is 6.10 Å². The lowest BCUT2D eigenvalue weighted by atomic mass is 10.2. The minimum atomic E-state index is -4.03. The number of nitrogens with zero attached hydrogens (tertiary/aromatic N) is 1. The summed E-state index contributed by atoms with van der Waals surface area (Å²) in [6, 6.07) is 17.7. The largest absolute Gasteiger partial charge is 0.449 e. The lowest BCUT2D eigenvalue weighted by Crippen LogP contribution is -2.39. The SMILES string of the molecule is C[C@@H](OC(=O)c1cccc(S(=O)(=O)Nc2ccc(F)cc2)c1)C(=O)N1CCc2ccccc21. The summed E-state index contributed by atoms with van der Waals surface area (Å²) in [6.07, 6.45) is -0.329. The summed E-state index contributed by atoms with van der Waals surface area (Å²) >= 11 is 0. The van der Waals surface area contributed by atoms with E-state index in [1.807, 2.05) is 24.3 Å². The van der Waals surface area contributed by atoms with Gasteiger partial charge < -0.3 is 9.64 Å². The molecule has 0 bridgehead atoms. The van der Waals surface area contributed by atoms with E-state index in [9.17, 15) is 22.4 Å². The van der Waals surface area contributed by atoms with Crippen LogP contribution in [0.5, 0.6) is 0 Å². The van der Waals surface area contributed by atoms with Gasteiger partial charge in [-0.3, -0.25) is 9.52 Å². The number of nitrogens with one attached hydrogen (secondary N) is 1. The van der Waals surface area contributed by atoms with Crippen LogP contribution in [0.2, 0.25) is 0 Å². The van der Waals surface area contributed by atoms with Crippen molar-refractivity contribution in [1.29, 1.82) is 0 Å². The number of esters is 1. The average Bonchev–Trinajstić information content (AvgIpc) is 3.24. The number of hydrogen-bond donors (Lipinski definition) is 1. The Morgan fingerprint density at radius 2 is 1.76 bits per heavy atom. The smallest absolute Gasteiger partial charge is 0.338 e. The fourth-order valence-electron chi connectivity index (χ4n) is 3.59. The first-order valence-electron chi connectivity index (χ1n) is 10.2. The van der Waals surface area contributed by atoms with Crippen molar-refractivity contribution in [3.8, 4) is 0 Å². The zero-order chi connectivity index (χ0) is 23.6. The number of anilines is 2. The van der Waals surface area contributed by atoms with Crippen LogP contribution >= 0.6 is 0 Å². The van der Waals surface area contributed by atoms with Gasteiger partial charge in [-0.05, 0) is 67.4 Å². The molecule has 3 aromatic carbocycles. The van der Waals surface area contributed by atoms with E-state index in [1.54, 1.807) is 4.90 Å². The molecule has 1 atom stereocenters. The number of para-hydroxylation sites is 1. The van der Waals surface area contributed by atoms with Crippen molar-refractivity contribution >= 4 is 33.3 Å². The van der Waals surface area contributed by atoms with Gasteiger partial charge >= 0.3 is 5.97 Å². The maximum Gasteiger partial charge on any atom is 0.338 e.